The van der Waals surface area contributed by atoms with Crippen LogP contribution in [0.3, 0.4) is 0 Å². The molecule has 0 aliphatic carbocycles. The summed E-state index contributed by atoms with van der Waals surface area (Å²) < 4.78 is 15.6. The number of anilines is 2. The van der Waals surface area contributed by atoms with Gasteiger partial charge in [0.1, 0.15) is 5.82 Å². The molecule has 1 aliphatic rings. The molecule has 1 aromatic heterocycles. The van der Waals surface area contributed by atoms with Gasteiger partial charge in [0.05, 0.1) is 6.67 Å². The molecule has 2 heterocycles. The summed E-state index contributed by atoms with van der Waals surface area (Å²) in [5.74, 6) is -0.198. The molecule has 1 fully saturated rings. The second kappa shape index (κ2) is 7.87. The molecule has 0 unspecified atom stereocenters. The maximum absolute atomic E-state index is 13.0. The standard InChI is InChI=1S/C16H20FN5S2/c1-2-7-18-15-19-22(16(23)24-15)12-20-8-10-21(11-9-20)14-5-3-13(17)4-6-14/h2-6H,1,7-12H2,(H,18,19). The fraction of sp³-hybridized carbons (Fsp3) is 0.375. The Labute approximate surface area is 150 Å². The Balaban J connectivity index is 1.55. The Hall–Kier alpha value is -1.77. The number of rotatable bonds is 6. The Morgan fingerprint density at radius 1 is 1.25 bits per heavy atom. The number of benzene rings is 1. The average molecular weight is 366 g/mol. The highest BCUT2D eigenvalue weighted by Gasteiger charge is 2.18. The first-order valence-corrected chi connectivity index (χ1v) is 9.04. The number of halogens is 1. The zero-order valence-electron chi connectivity index (χ0n) is 13.3. The molecule has 3 rings (SSSR count). The lowest BCUT2D eigenvalue weighted by atomic mass is 10.2. The van der Waals surface area contributed by atoms with Crippen molar-refractivity contribution in [2.75, 3.05) is 42.9 Å². The van der Waals surface area contributed by atoms with Crippen LogP contribution in [0.25, 0.3) is 0 Å². The first-order valence-electron chi connectivity index (χ1n) is 7.81. The van der Waals surface area contributed by atoms with Crippen molar-refractivity contribution < 1.29 is 4.39 Å². The molecule has 5 nitrogen and oxygen atoms in total. The summed E-state index contributed by atoms with van der Waals surface area (Å²) in [6.07, 6.45) is 1.80. The molecule has 24 heavy (non-hydrogen) atoms. The van der Waals surface area contributed by atoms with Crippen molar-refractivity contribution in [3.05, 3.63) is 46.7 Å². The summed E-state index contributed by atoms with van der Waals surface area (Å²) in [5, 5.41) is 8.50. The zero-order valence-corrected chi connectivity index (χ0v) is 15.0. The minimum Gasteiger partial charge on any atom is -0.369 e. The summed E-state index contributed by atoms with van der Waals surface area (Å²) in [7, 11) is 0. The topological polar surface area (TPSA) is 36.3 Å². The number of nitrogens with one attached hydrogen (secondary N) is 1. The Bertz CT molecular complexity index is 732. The maximum Gasteiger partial charge on any atom is 0.204 e. The van der Waals surface area contributed by atoms with Gasteiger partial charge in [-0.1, -0.05) is 17.4 Å². The SMILES string of the molecule is C=CCNc1nn(CN2CCN(c3ccc(F)cc3)CC2)c(=S)s1. The quantitative estimate of drug-likeness (QED) is 0.628. The predicted molar refractivity (Wildman–Crippen MR) is 99.8 cm³/mol. The third kappa shape index (κ3) is 4.19. The van der Waals surface area contributed by atoms with E-state index in [1.165, 1.54) is 23.5 Å². The first-order chi connectivity index (χ1) is 11.7. The fourth-order valence-electron chi connectivity index (χ4n) is 2.62. The average Bonchev–Trinajstić information content (AvgIpc) is 2.94. The van der Waals surface area contributed by atoms with Crippen LogP contribution >= 0.6 is 23.6 Å². The molecular weight excluding hydrogens is 345 g/mol. The fourth-order valence-corrected chi connectivity index (χ4v) is 3.61. The van der Waals surface area contributed by atoms with Gasteiger partial charge in [-0.3, -0.25) is 4.90 Å². The van der Waals surface area contributed by atoms with E-state index in [2.05, 4.69) is 26.8 Å². The summed E-state index contributed by atoms with van der Waals surface area (Å²) in [6, 6.07) is 6.68. The minimum atomic E-state index is -0.198. The zero-order chi connectivity index (χ0) is 16.9. The number of aromatic nitrogens is 2. The van der Waals surface area contributed by atoms with Crippen molar-refractivity contribution in [3.8, 4) is 0 Å². The van der Waals surface area contributed by atoms with Crippen molar-refractivity contribution in [3.63, 3.8) is 0 Å². The third-order valence-electron chi connectivity index (χ3n) is 3.90. The number of hydrogen-bond acceptors (Lipinski definition) is 6. The van der Waals surface area contributed by atoms with E-state index in [9.17, 15) is 4.39 Å². The van der Waals surface area contributed by atoms with E-state index in [1.807, 2.05) is 16.8 Å². The van der Waals surface area contributed by atoms with Crippen molar-refractivity contribution in [1.82, 2.24) is 14.7 Å². The molecule has 0 atom stereocenters. The van der Waals surface area contributed by atoms with E-state index >= 15 is 0 Å². The van der Waals surface area contributed by atoms with Crippen LogP contribution in [0.1, 0.15) is 0 Å². The smallest absolute Gasteiger partial charge is 0.204 e. The molecule has 0 amide bonds. The van der Waals surface area contributed by atoms with E-state index in [0.717, 1.165) is 41.0 Å². The second-order valence-electron chi connectivity index (χ2n) is 5.57. The van der Waals surface area contributed by atoms with E-state index in [0.29, 0.717) is 13.2 Å². The molecule has 1 saturated heterocycles. The Morgan fingerprint density at radius 2 is 1.96 bits per heavy atom. The number of piperazine rings is 1. The molecule has 2 aromatic rings. The van der Waals surface area contributed by atoms with Crippen molar-refractivity contribution in [2.45, 2.75) is 6.67 Å². The molecule has 8 heteroatoms. The van der Waals surface area contributed by atoms with Crippen LogP contribution in [0.5, 0.6) is 0 Å². The summed E-state index contributed by atoms with van der Waals surface area (Å²) in [5.41, 5.74) is 1.07. The monoisotopic (exact) mass is 365 g/mol. The van der Waals surface area contributed by atoms with Gasteiger partial charge in [-0.05, 0) is 36.5 Å². The van der Waals surface area contributed by atoms with Crippen molar-refractivity contribution >= 4 is 34.4 Å². The van der Waals surface area contributed by atoms with Gasteiger partial charge in [-0.2, -0.15) is 0 Å². The summed E-state index contributed by atoms with van der Waals surface area (Å²) in [4.78, 5) is 4.60. The van der Waals surface area contributed by atoms with Crippen LogP contribution in [0.2, 0.25) is 0 Å². The lowest BCUT2D eigenvalue weighted by Crippen LogP contribution is -2.46. The van der Waals surface area contributed by atoms with E-state index in [-0.39, 0.29) is 5.82 Å². The molecular formula is C16H20FN5S2. The van der Waals surface area contributed by atoms with Crippen LogP contribution in [0.4, 0.5) is 15.2 Å². The number of hydrogen-bond donors (Lipinski definition) is 1. The van der Waals surface area contributed by atoms with Gasteiger partial charge in [0.15, 0.2) is 3.95 Å². The Kier molecular flexibility index (Phi) is 5.60. The molecule has 1 N–H and O–H groups in total. The van der Waals surface area contributed by atoms with Crippen LogP contribution in [0, 0.1) is 9.77 Å². The first kappa shape index (κ1) is 17.1. The van der Waals surface area contributed by atoms with Gasteiger partial charge in [-0.25, -0.2) is 9.07 Å². The maximum atomic E-state index is 13.0. The van der Waals surface area contributed by atoms with E-state index in [1.54, 1.807) is 6.08 Å². The highest BCUT2D eigenvalue weighted by Crippen LogP contribution is 2.18. The molecule has 0 bridgehead atoms. The Morgan fingerprint density at radius 3 is 2.62 bits per heavy atom. The highest BCUT2D eigenvalue weighted by molar-refractivity contribution is 7.73. The van der Waals surface area contributed by atoms with Crippen LogP contribution in [-0.4, -0.2) is 47.4 Å². The van der Waals surface area contributed by atoms with Crippen molar-refractivity contribution in [2.24, 2.45) is 0 Å². The molecule has 1 aliphatic heterocycles. The highest BCUT2D eigenvalue weighted by atomic mass is 32.1. The molecule has 0 radical (unpaired) electrons. The van der Waals surface area contributed by atoms with Crippen molar-refractivity contribution in [1.29, 1.82) is 0 Å². The number of nitrogens with zero attached hydrogens (tertiary/aromatic N) is 4. The third-order valence-corrected chi connectivity index (χ3v) is 5.17. The summed E-state index contributed by atoms with van der Waals surface area (Å²) in [6.45, 7) is 8.72. The molecule has 1 aromatic carbocycles. The van der Waals surface area contributed by atoms with Gasteiger partial charge in [0.2, 0.25) is 5.13 Å². The van der Waals surface area contributed by atoms with Gasteiger partial charge in [-0.15, -0.1) is 11.7 Å². The summed E-state index contributed by atoms with van der Waals surface area (Å²) >= 11 is 6.86. The van der Waals surface area contributed by atoms with Gasteiger partial charge in [0, 0.05) is 38.4 Å². The lowest BCUT2D eigenvalue weighted by molar-refractivity contribution is 0.195. The van der Waals surface area contributed by atoms with Gasteiger partial charge in [0.25, 0.3) is 0 Å². The molecule has 0 saturated carbocycles. The van der Waals surface area contributed by atoms with E-state index in [4.69, 9.17) is 12.2 Å². The second-order valence-corrected chi connectivity index (χ2v) is 7.19. The molecule has 0 spiro atoms. The normalized spacial score (nSPS) is 15.5. The van der Waals surface area contributed by atoms with Crippen LogP contribution in [-0.2, 0) is 6.67 Å². The predicted octanol–water partition coefficient (Wildman–Crippen LogP) is 3.19. The minimum absolute atomic E-state index is 0.198. The van der Waals surface area contributed by atoms with Gasteiger partial charge >= 0.3 is 0 Å². The van der Waals surface area contributed by atoms with Crippen LogP contribution in [0.15, 0.2) is 36.9 Å². The van der Waals surface area contributed by atoms with E-state index < -0.39 is 0 Å². The van der Waals surface area contributed by atoms with Gasteiger partial charge < -0.3 is 10.2 Å². The lowest BCUT2D eigenvalue weighted by Gasteiger charge is -2.35. The largest absolute Gasteiger partial charge is 0.369 e. The van der Waals surface area contributed by atoms with Crippen LogP contribution < -0.4 is 10.2 Å². The molecule has 128 valence electrons.